The third kappa shape index (κ3) is 5.39. The molecule has 6 nitrogen and oxygen atoms in total. The van der Waals surface area contributed by atoms with E-state index in [9.17, 15) is 9.59 Å². The fourth-order valence-corrected chi connectivity index (χ4v) is 4.44. The van der Waals surface area contributed by atoms with Crippen molar-refractivity contribution in [2.75, 3.05) is 32.7 Å². The third-order valence-corrected chi connectivity index (χ3v) is 6.38. The van der Waals surface area contributed by atoms with Gasteiger partial charge in [0, 0.05) is 43.7 Å². The van der Waals surface area contributed by atoms with Crippen LogP contribution in [0.1, 0.15) is 15.9 Å². The van der Waals surface area contributed by atoms with E-state index < -0.39 is 0 Å². The second-order valence-corrected chi connectivity index (χ2v) is 8.77. The zero-order chi connectivity index (χ0) is 24.0. The predicted molar refractivity (Wildman–Crippen MR) is 138 cm³/mol. The molecule has 0 aliphatic carbocycles. The topological polar surface area (TPSA) is 65.5 Å². The highest BCUT2D eigenvalue weighted by atomic mass is 16.2. The van der Waals surface area contributed by atoms with Gasteiger partial charge in [0.1, 0.15) is 0 Å². The van der Waals surface area contributed by atoms with E-state index in [-0.39, 0.29) is 11.8 Å². The van der Waals surface area contributed by atoms with Crippen molar-refractivity contribution in [2.45, 2.75) is 6.54 Å². The largest absolute Gasteiger partial charge is 0.351 e. The van der Waals surface area contributed by atoms with Crippen LogP contribution in [-0.2, 0) is 11.3 Å². The van der Waals surface area contributed by atoms with Gasteiger partial charge in [-0.15, -0.1) is 0 Å². The van der Waals surface area contributed by atoms with Crippen molar-refractivity contribution in [3.63, 3.8) is 0 Å². The molecule has 6 heteroatoms. The Labute approximate surface area is 205 Å². The number of fused-ring (bicyclic) bond motifs is 1. The number of hydrogen-bond acceptors (Lipinski definition) is 4. The van der Waals surface area contributed by atoms with Crippen LogP contribution in [0.5, 0.6) is 0 Å². The average molecular weight is 465 g/mol. The van der Waals surface area contributed by atoms with Gasteiger partial charge in [-0.05, 0) is 17.7 Å². The predicted octanol–water partition coefficient (Wildman–Crippen LogP) is 3.98. The van der Waals surface area contributed by atoms with Gasteiger partial charge in [-0.3, -0.25) is 14.5 Å². The summed E-state index contributed by atoms with van der Waals surface area (Å²) in [4.78, 5) is 34.8. The fraction of sp³-hybridized carbons (Fsp3) is 0.207. The molecule has 2 heterocycles. The van der Waals surface area contributed by atoms with E-state index in [1.807, 2.05) is 95.9 Å². The number of carbonyl (C=O) groups is 2. The van der Waals surface area contributed by atoms with Crippen molar-refractivity contribution in [3.8, 4) is 11.3 Å². The lowest BCUT2D eigenvalue weighted by Crippen LogP contribution is -2.51. The van der Waals surface area contributed by atoms with Crippen LogP contribution in [-0.4, -0.2) is 59.3 Å². The van der Waals surface area contributed by atoms with Gasteiger partial charge in [-0.2, -0.15) is 0 Å². The zero-order valence-corrected chi connectivity index (χ0v) is 19.6. The number of para-hydroxylation sites is 1. The molecule has 35 heavy (non-hydrogen) atoms. The molecule has 1 fully saturated rings. The molecule has 0 spiro atoms. The smallest absolute Gasteiger partial charge is 0.254 e. The fourth-order valence-electron chi connectivity index (χ4n) is 4.44. The summed E-state index contributed by atoms with van der Waals surface area (Å²) in [7, 11) is 0. The Morgan fingerprint density at radius 3 is 2.20 bits per heavy atom. The Hall–Kier alpha value is -4.03. The Kier molecular flexibility index (Phi) is 6.82. The van der Waals surface area contributed by atoms with Gasteiger partial charge < -0.3 is 10.2 Å². The zero-order valence-electron chi connectivity index (χ0n) is 19.6. The molecule has 0 unspecified atom stereocenters. The van der Waals surface area contributed by atoms with Crippen LogP contribution < -0.4 is 5.32 Å². The normalized spacial score (nSPS) is 14.1. The molecule has 5 rings (SSSR count). The first-order chi connectivity index (χ1) is 17.2. The minimum atomic E-state index is 0.00117. The van der Waals surface area contributed by atoms with Crippen LogP contribution in [0.15, 0.2) is 91.0 Å². The number of rotatable bonds is 6. The number of aromatic nitrogens is 1. The Morgan fingerprint density at radius 1 is 0.800 bits per heavy atom. The number of pyridine rings is 1. The summed E-state index contributed by atoms with van der Waals surface area (Å²) in [5.74, 6) is 0.00946. The maximum absolute atomic E-state index is 13.6. The monoisotopic (exact) mass is 464 g/mol. The summed E-state index contributed by atoms with van der Waals surface area (Å²) in [5.41, 5.74) is 4.34. The van der Waals surface area contributed by atoms with Crippen LogP contribution in [0.3, 0.4) is 0 Å². The van der Waals surface area contributed by atoms with E-state index in [1.54, 1.807) is 0 Å². The van der Waals surface area contributed by atoms with Gasteiger partial charge in [-0.25, -0.2) is 4.98 Å². The second-order valence-electron chi connectivity index (χ2n) is 8.77. The molecule has 3 aromatic carbocycles. The second kappa shape index (κ2) is 10.5. The first-order valence-corrected chi connectivity index (χ1v) is 11.9. The van der Waals surface area contributed by atoms with Gasteiger partial charge in [-0.1, -0.05) is 78.9 Å². The summed E-state index contributed by atoms with van der Waals surface area (Å²) in [6, 6.07) is 29.5. The molecule has 0 saturated carbocycles. The Bertz CT molecular complexity index is 1320. The van der Waals surface area contributed by atoms with Crippen molar-refractivity contribution in [1.29, 1.82) is 0 Å². The summed E-state index contributed by atoms with van der Waals surface area (Å²) in [5, 5.41) is 3.84. The Balaban J connectivity index is 1.24. The highest BCUT2D eigenvalue weighted by molar-refractivity contribution is 6.07. The molecule has 1 N–H and O–H groups in total. The Morgan fingerprint density at radius 2 is 1.46 bits per heavy atom. The van der Waals surface area contributed by atoms with Crippen LogP contribution in [0, 0.1) is 0 Å². The highest BCUT2D eigenvalue weighted by Gasteiger charge is 2.25. The number of piperazine rings is 1. The number of amides is 2. The molecule has 0 bridgehead atoms. The molecular formula is C29H28N4O2. The van der Waals surface area contributed by atoms with Crippen molar-refractivity contribution >= 4 is 22.7 Å². The van der Waals surface area contributed by atoms with E-state index in [0.717, 1.165) is 27.7 Å². The molecule has 1 aliphatic heterocycles. The van der Waals surface area contributed by atoms with Crippen molar-refractivity contribution in [3.05, 3.63) is 102 Å². The van der Waals surface area contributed by atoms with Crippen LogP contribution >= 0.6 is 0 Å². The standard InChI is InChI=1S/C29H28N4O2/c34-28(30-20-22-9-3-1-4-10-22)21-32-15-17-33(18-16-32)29(35)25-19-27(23-11-5-2-6-12-23)31-26-14-8-7-13-24(25)26/h1-14,19H,15-18,20-21H2,(H,30,34). The number of hydrogen-bond donors (Lipinski definition) is 1. The minimum Gasteiger partial charge on any atom is -0.351 e. The van der Waals surface area contributed by atoms with E-state index in [2.05, 4.69) is 10.2 Å². The summed E-state index contributed by atoms with van der Waals surface area (Å²) in [6.07, 6.45) is 0. The quantitative estimate of drug-likeness (QED) is 0.469. The first kappa shape index (κ1) is 22.7. The first-order valence-electron chi connectivity index (χ1n) is 11.9. The summed E-state index contributed by atoms with van der Waals surface area (Å²) < 4.78 is 0. The summed E-state index contributed by atoms with van der Waals surface area (Å²) in [6.45, 7) is 3.37. The van der Waals surface area contributed by atoms with Gasteiger partial charge in [0.25, 0.3) is 5.91 Å². The molecule has 1 saturated heterocycles. The van der Waals surface area contributed by atoms with Crippen molar-refractivity contribution in [2.24, 2.45) is 0 Å². The van der Waals surface area contributed by atoms with Crippen LogP contribution in [0.25, 0.3) is 22.2 Å². The number of carbonyl (C=O) groups excluding carboxylic acids is 2. The SMILES string of the molecule is O=C(CN1CCN(C(=O)c2cc(-c3ccccc3)nc3ccccc23)CC1)NCc1ccccc1. The van der Waals surface area contributed by atoms with Crippen LogP contribution in [0.4, 0.5) is 0 Å². The number of nitrogens with zero attached hydrogens (tertiary/aromatic N) is 3. The van der Waals surface area contributed by atoms with E-state index >= 15 is 0 Å². The van der Waals surface area contributed by atoms with Gasteiger partial charge in [0.2, 0.25) is 5.91 Å². The number of benzene rings is 3. The molecule has 4 aromatic rings. The maximum atomic E-state index is 13.6. The molecule has 2 amide bonds. The van der Waals surface area contributed by atoms with Gasteiger partial charge >= 0.3 is 0 Å². The highest BCUT2D eigenvalue weighted by Crippen LogP contribution is 2.26. The third-order valence-electron chi connectivity index (χ3n) is 6.38. The van der Waals surface area contributed by atoms with Crippen molar-refractivity contribution in [1.82, 2.24) is 20.1 Å². The molecule has 1 aliphatic rings. The lowest BCUT2D eigenvalue weighted by Gasteiger charge is -2.34. The van der Waals surface area contributed by atoms with E-state index in [0.29, 0.717) is 44.8 Å². The lowest BCUT2D eigenvalue weighted by molar-refractivity contribution is -0.122. The molecule has 0 radical (unpaired) electrons. The average Bonchev–Trinajstić information content (AvgIpc) is 2.92. The van der Waals surface area contributed by atoms with Gasteiger partial charge in [0.15, 0.2) is 0 Å². The van der Waals surface area contributed by atoms with E-state index in [4.69, 9.17) is 4.98 Å². The van der Waals surface area contributed by atoms with Crippen molar-refractivity contribution < 1.29 is 9.59 Å². The molecule has 1 aromatic heterocycles. The van der Waals surface area contributed by atoms with Crippen LogP contribution in [0.2, 0.25) is 0 Å². The summed E-state index contributed by atoms with van der Waals surface area (Å²) >= 11 is 0. The molecular weight excluding hydrogens is 436 g/mol. The number of nitrogens with one attached hydrogen (secondary N) is 1. The van der Waals surface area contributed by atoms with E-state index in [1.165, 1.54) is 0 Å². The molecule has 176 valence electrons. The lowest BCUT2D eigenvalue weighted by atomic mass is 10.0. The minimum absolute atomic E-state index is 0.00117. The van der Waals surface area contributed by atoms with Gasteiger partial charge in [0.05, 0.1) is 23.3 Å². The molecule has 0 atom stereocenters. The maximum Gasteiger partial charge on any atom is 0.254 e.